The minimum Gasteiger partial charge on any atom is -0.444 e. The lowest BCUT2D eigenvalue weighted by Crippen LogP contribution is -2.45. The minimum absolute atomic E-state index is 0.0821. The van der Waals surface area contributed by atoms with Crippen molar-refractivity contribution in [2.45, 2.75) is 84.8 Å². The van der Waals surface area contributed by atoms with Gasteiger partial charge in [0.05, 0.1) is 6.04 Å². The number of nitrogens with zero attached hydrogens (tertiary/aromatic N) is 2. The first kappa shape index (κ1) is 25.6. The van der Waals surface area contributed by atoms with Gasteiger partial charge in [-0.2, -0.15) is 0 Å². The van der Waals surface area contributed by atoms with E-state index >= 15 is 0 Å². The molecule has 6 nitrogen and oxygen atoms in total. The van der Waals surface area contributed by atoms with Crippen LogP contribution in [0.25, 0.3) is 10.9 Å². The summed E-state index contributed by atoms with van der Waals surface area (Å²) >= 11 is 0. The maximum Gasteiger partial charge on any atom is 0.410 e. The summed E-state index contributed by atoms with van der Waals surface area (Å²) in [4.78, 5) is 33.7. The van der Waals surface area contributed by atoms with E-state index in [1.165, 1.54) is 22.2 Å². The molecule has 192 valence electrons. The first-order valence-electron chi connectivity index (χ1n) is 13.4. The zero-order chi connectivity index (χ0) is 25.3. The van der Waals surface area contributed by atoms with Crippen molar-refractivity contribution in [2.24, 2.45) is 17.8 Å². The van der Waals surface area contributed by atoms with E-state index < -0.39 is 5.60 Å². The number of benzene rings is 1. The summed E-state index contributed by atoms with van der Waals surface area (Å²) in [7, 11) is 1.81. The molecule has 2 aliphatic rings. The van der Waals surface area contributed by atoms with Crippen LogP contribution in [-0.4, -0.2) is 52.5 Å². The first-order valence-corrected chi connectivity index (χ1v) is 13.4. The molecule has 0 saturated heterocycles. The number of ether oxygens (including phenoxy) is 1. The molecule has 0 radical (unpaired) electrons. The van der Waals surface area contributed by atoms with Crippen LogP contribution in [0.1, 0.15) is 84.0 Å². The van der Waals surface area contributed by atoms with Crippen molar-refractivity contribution in [1.29, 1.82) is 0 Å². The van der Waals surface area contributed by atoms with E-state index in [-0.39, 0.29) is 18.1 Å². The number of amides is 2. The Bertz CT molecular complexity index is 1040. The first-order chi connectivity index (χ1) is 16.5. The molecule has 1 unspecified atom stereocenters. The van der Waals surface area contributed by atoms with Crippen LogP contribution in [0.4, 0.5) is 4.79 Å². The van der Waals surface area contributed by atoms with Gasteiger partial charge in [-0.15, -0.1) is 0 Å². The predicted octanol–water partition coefficient (Wildman–Crippen LogP) is 6.31. The summed E-state index contributed by atoms with van der Waals surface area (Å²) in [6.07, 6.45) is 5.37. The Hall–Kier alpha value is -2.50. The van der Waals surface area contributed by atoms with Gasteiger partial charge in [0.2, 0.25) is 5.91 Å². The molecule has 1 N–H and O–H groups in total. The molecule has 4 rings (SSSR count). The van der Waals surface area contributed by atoms with Crippen molar-refractivity contribution in [3.8, 4) is 0 Å². The Kier molecular flexibility index (Phi) is 7.48. The van der Waals surface area contributed by atoms with Crippen LogP contribution < -0.4 is 0 Å². The summed E-state index contributed by atoms with van der Waals surface area (Å²) in [6, 6.07) is 8.63. The zero-order valence-electron chi connectivity index (χ0n) is 22.4. The van der Waals surface area contributed by atoms with E-state index in [2.05, 4.69) is 48.0 Å². The molecule has 1 aromatic carbocycles. The summed E-state index contributed by atoms with van der Waals surface area (Å²) < 4.78 is 5.50. The van der Waals surface area contributed by atoms with Crippen molar-refractivity contribution in [3.63, 3.8) is 0 Å². The fourth-order valence-electron chi connectivity index (χ4n) is 5.90. The number of carbonyl (C=O) groups excluding carboxylic acids is 2. The van der Waals surface area contributed by atoms with Crippen LogP contribution in [-0.2, 0) is 16.0 Å². The van der Waals surface area contributed by atoms with E-state index in [0.29, 0.717) is 24.3 Å². The average Bonchev–Trinajstić information content (AvgIpc) is 3.17. The monoisotopic (exact) mass is 481 g/mol. The number of fused-ring (bicyclic) bond motifs is 3. The van der Waals surface area contributed by atoms with Gasteiger partial charge in [0.1, 0.15) is 5.60 Å². The third-order valence-corrected chi connectivity index (χ3v) is 7.57. The molecule has 1 aliphatic carbocycles. The van der Waals surface area contributed by atoms with Crippen molar-refractivity contribution in [3.05, 3.63) is 35.5 Å². The molecule has 1 saturated carbocycles. The van der Waals surface area contributed by atoms with E-state index in [1.807, 2.05) is 27.8 Å². The minimum atomic E-state index is -0.485. The van der Waals surface area contributed by atoms with Gasteiger partial charge in [-0.3, -0.25) is 4.79 Å². The highest BCUT2D eigenvalue weighted by molar-refractivity contribution is 5.86. The maximum atomic E-state index is 13.8. The highest BCUT2D eigenvalue weighted by Crippen LogP contribution is 2.40. The van der Waals surface area contributed by atoms with E-state index in [4.69, 9.17) is 4.74 Å². The standard InChI is InChI=1S/C29H43N3O3/c1-19(2)17-25-26-23(22-9-7-8-10-24(22)30-26)15-16-32(25)27(33)21-13-11-20(12-14-21)18-31(6)28(34)35-29(3,4)5/h7-10,19-21,25,30H,11-18H2,1-6H3/t20-,21-,25?. The van der Waals surface area contributed by atoms with Crippen molar-refractivity contribution >= 4 is 22.9 Å². The number of para-hydroxylation sites is 1. The largest absolute Gasteiger partial charge is 0.444 e. The fraction of sp³-hybridized carbons (Fsp3) is 0.655. The molecule has 1 aliphatic heterocycles. The summed E-state index contributed by atoms with van der Waals surface area (Å²) in [5, 5.41) is 1.30. The Morgan fingerprint density at radius 1 is 1.14 bits per heavy atom. The summed E-state index contributed by atoms with van der Waals surface area (Å²) in [5.41, 5.74) is 3.33. The second-order valence-corrected chi connectivity index (χ2v) is 12.1. The van der Waals surface area contributed by atoms with Crippen LogP contribution in [0.2, 0.25) is 0 Å². The Morgan fingerprint density at radius 2 is 1.83 bits per heavy atom. The smallest absolute Gasteiger partial charge is 0.410 e. The molecule has 2 amide bonds. The number of aromatic amines is 1. The number of carbonyl (C=O) groups is 2. The van der Waals surface area contributed by atoms with Crippen LogP contribution in [0.3, 0.4) is 0 Å². The second-order valence-electron chi connectivity index (χ2n) is 12.1. The Labute approximate surface area is 210 Å². The van der Waals surface area contributed by atoms with Gasteiger partial charge in [-0.25, -0.2) is 4.79 Å². The number of rotatable bonds is 5. The summed E-state index contributed by atoms with van der Waals surface area (Å²) in [5.74, 6) is 1.33. The molecule has 2 aromatic rings. The lowest BCUT2D eigenvalue weighted by atomic mass is 9.80. The Balaban J connectivity index is 1.40. The van der Waals surface area contributed by atoms with Crippen molar-refractivity contribution < 1.29 is 14.3 Å². The van der Waals surface area contributed by atoms with Gasteiger partial charge >= 0.3 is 6.09 Å². The normalized spacial score (nSPS) is 22.8. The number of hydrogen-bond acceptors (Lipinski definition) is 3. The Morgan fingerprint density at radius 3 is 2.49 bits per heavy atom. The van der Waals surface area contributed by atoms with Crippen molar-refractivity contribution in [1.82, 2.24) is 14.8 Å². The quantitative estimate of drug-likeness (QED) is 0.544. The molecule has 0 spiro atoms. The third-order valence-electron chi connectivity index (χ3n) is 7.57. The van der Waals surface area contributed by atoms with Gasteiger partial charge in [0.25, 0.3) is 0 Å². The van der Waals surface area contributed by atoms with Crippen LogP contribution in [0, 0.1) is 17.8 Å². The maximum absolute atomic E-state index is 13.8. The zero-order valence-corrected chi connectivity index (χ0v) is 22.4. The number of nitrogens with one attached hydrogen (secondary N) is 1. The molecule has 2 heterocycles. The van der Waals surface area contributed by atoms with E-state index in [0.717, 1.165) is 45.1 Å². The van der Waals surface area contributed by atoms with Gasteiger partial charge < -0.3 is 19.5 Å². The molecule has 6 heteroatoms. The number of H-pyrrole nitrogens is 1. The molecule has 1 fully saturated rings. The lowest BCUT2D eigenvalue weighted by molar-refractivity contribution is -0.140. The molecule has 1 aromatic heterocycles. The van der Waals surface area contributed by atoms with E-state index in [1.54, 1.807) is 4.90 Å². The summed E-state index contributed by atoms with van der Waals surface area (Å²) in [6.45, 7) is 11.6. The van der Waals surface area contributed by atoms with Crippen LogP contribution >= 0.6 is 0 Å². The lowest BCUT2D eigenvalue weighted by Gasteiger charge is -2.40. The predicted molar refractivity (Wildman–Crippen MR) is 140 cm³/mol. The molecule has 35 heavy (non-hydrogen) atoms. The highest BCUT2D eigenvalue weighted by Gasteiger charge is 2.38. The highest BCUT2D eigenvalue weighted by atomic mass is 16.6. The third kappa shape index (κ3) is 5.84. The molecule has 0 bridgehead atoms. The molecular weight excluding hydrogens is 438 g/mol. The van der Waals surface area contributed by atoms with Gasteiger partial charge in [0, 0.05) is 42.7 Å². The number of hydrogen-bond donors (Lipinski definition) is 1. The second kappa shape index (κ2) is 10.2. The average molecular weight is 482 g/mol. The SMILES string of the molecule is CC(C)CC1c2[nH]c3ccccc3c2CCN1C(=O)[C@H]1CC[C@H](CN(C)C(=O)OC(C)(C)C)CC1. The van der Waals surface area contributed by atoms with Gasteiger partial charge in [-0.05, 0) is 82.8 Å². The van der Waals surface area contributed by atoms with Crippen LogP contribution in [0.5, 0.6) is 0 Å². The van der Waals surface area contributed by atoms with Gasteiger partial charge in [0.15, 0.2) is 0 Å². The van der Waals surface area contributed by atoms with Crippen LogP contribution in [0.15, 0.2) is 24.3 Å². The van der Waals surface area contributed by atoms with E-state index in [9.17, 15) is 9.59 Å². The molecule has 1 atom stereocenters. The van der Waals surface area contributed by atoms with Gasteiger partial charge in [-0.1, -0.05) is 32.0 Å². The topological polar surface area (TPSA) is 65.6 Å². The fourth-order valence-corrected chi connectivity index (χ4v) is 5.90. The van der Waals surface area contributed by atoms with Crippen molar-refractivity contribution in [2.75, 3.05) is 20.1 Å². The number of aromatic nitrogens is 1. The molecular formula is C29H43N3O3.